The van der Waals surface area contributed by atoms with Crippen LogP contribution in [0.2, 0.25) is 0 Å². The van der Waals surface area contributed by atoms with Crippen LogP contribution in [0.15, 0.2) is 46.9 Å². The summed E-state index contributed by atoms with van der Waals surface area (Å²) in [5, 5.41) is 4.23. The average molecular weight is 365 g/mol. The largest absolute Gasteiger partial charge is 0.311 e. The number of para-hydroxylation sites is 1. The Labute approximate surface area is 135 Å². The molecule has 0 saturated heterocycles. The Hall–Kier alpha value is -1.30. The fourth-order valence-corrected chi connectivity index (χ4v) is 3.67. The number of hydrogen-bond acceptors (Lipinski definition) is 3. The minimum atomic E-state index is -0.189. The number of rotatable bonds is 4. The Bertz CT molecular complexity index is 739. The first kappa shape index (κ1) is 14.6. The van der Waals surface area contributed by atoms with Crippen LogP contribution in [0.25, 0.3) is 10.2 Å². The van der Waals surface area contributed by atoms with Crippen molar-refractivity contribution in [1.29, 1.82) is 0 Å². The molecule has 1 N–H and O–H groups in total. The first-order chi connectivity index (χ1) is 10.2. The van der Waals surface area contributed by atoms with E-state index in [-0.39, 0.29) is 11.9 Å². The minimum Gasteiger partial charge on any atom is -0.311 e. The second kappa shape index (κ2) is 6.22. The zero-order valence-corrected chi connectivity index (χ0v) is 13.8. The Morgan fingerprint density at radius 1 is 1.29 bits per heavy atom. The van der Waals surface area contributed by atoms with Crippen molar-refractivity contribution in [1.82, 2.24) is 10.3 Å². The van der Waals surface area contributed by atoms with Crippen LogP contribution in [0, 0.1) is 5.82 Å². The standard InChI is InChI=1S/C16H14BrFN2S/c1-19-14(8-10-6-7-11(17)9-12(10)18)16-20-13-4-2-3-5-15(13)21-16/h2-7,9,14,19H,8H2,1H3. The molecular formula is C16H14BrFN2S. The minimum absolute atomic E-state index is 0.0121. The summed E-state index contributed by atoms with van der Waals surface area (Å²) in [7, 11) is 1.88. The van der Waals surface area contributed by atoms with Crippen molar-refractivity contribution in [2.24, 2.45) is 0 Å². The van der Waals surface area contributed by atoms with Crippen LogP contribution in [-0.2, 0) is 6.42 Å². The van der Waals surface area contributed by atoms with Crippen LogP contribution in [0.1, 0.15) is 16.6 Å². The molecule has 108 valence electrons. The third-order valence-corrected chi connectivity index (χ3v) is 5.04. The highest BCUT2D eigenvalue weighted by molar-refractivity contribution is 9.10. The van der Waals surface area contributed by atoms with Gasteiger partial charge in [-0.25, -0.2) is 9.37 Å². The number of nitrogens with one attached hydrogen (secondary N) is 1. The lowest BCUT2D eigenvalue weighted by Crippen LogP contribution is -2.19. The van der Waals surface area contributed by atoms with E-state index in [4.69, 9.17) is 0 Å². The summed E-state index contributed by atoms with van der Waals surface area (Å²) in [6.45, 7) is 0. The predicted molar refractivity (Wildman–Crippen MR) is 89.2 cm³/mol. The van der Waals surface area contributed by atoms with Gasteiger partial charge in [-0.05, 0) is 43.3 Å². The lowest BCUT2D eigenvalue weighted by Gasteiger charge is -2.14. The van der Waals surface area contributed by atoms with Gasteiger partial charge in [-0.3, -0.25) is 0 Å². The second-order valence-electron chi connectivity index (χ2n) is 4.80. The summed E-state index contributed by atoms with van der Waals surface area (Å²) in [5.74, 6) is -0.189. The van der Waals surface area contributed by atoms with E-state index in [1.165, 1.54) is 6.07 Å². The van der Waals surface area contributed by atoms with Gasteiger partial charge < -0.3 is 5.32 Å². The van der Waals surface area contributed by atoms with Crippen molar-refractivity contribution in [3.63, 3.8) is 0 Å². The lowest BCUT2D eigenvalue weighted by atomic mass is 10.1. The van der Waals surface area contributed by atoms with Crippen molar-refractivity contribution in [2.45, 2.75) is 12.5 Å². The molecule has 0 amide bonds. The van der Waals surface area contributed by atoms with E-state index in [9.17, 15) is 4.39 Å². The molecule has 2 aromatic carbocycles. The van der Waals surface area contributed by atoms with Gasteiger partial charge in [0.05, 0.1) is 16.3 Å². The number of hydrogen-bond donors (Lipinski definition) is 1. The molecule has 0 aliphatic carbocycles. The van der Waals surface area contributed by atoms with Gasteiger partial charge in [0.2, 0.25) is 0 Å². The molecule has 21 heavy (non-hydrogen) atoms. The molecule has 0 aliphatic rings. The highest BCUT2D eigenvalue weighted by Crippen LogP contribution is 2.29. The Morgan fingerprint density at radius 2 is 2.10 bits per heavy atom. The molecule has 0 radical (unpaired) electrons. The molecule has 0 fully saturated rings. The summed E-state index contributed by atoms with van der Waals surface area (Å²) < 4.78 is 15.9. The number of nitrogens with zero attached hydrogens (tertiary/aromatic N) is 1. The normalized spacial score (nSPS) is 12.7. The van der Waals surface area contributed by atoms with Crippen LogP contribution < -0.4 is 5.32 Å². The van der Waals surface area contributed by atoms with Crippen LogP contribution >= 0.6 is 27.3 Å². The maximum atomic E-state index is 14.0. The smallest absolute Gasteiger partial charge is 0.127 e. The van der Waals surface area contributed by atoms with Gasteiger partial charge in [-0.15, -0.1) is 11.3 Å². The molecule has 3 aromatic rings. The molecule has 0 spiro atoms. The molecule has 0 saturated carbocycles. The van der Waals surface area contributed by atoms with E-state index in [1.54, 1.807) is 11.3 Å². The first-order valence-corrected chi connectivity index (χ1v) is 8.25. The fraction of sp³-hybridized carbons (Fsp3) is 0.188. The van der Waals surface area contributed by atoms with Gasteiger partial charge in [0.25, 0.3) is 0 Å². The summed E-state index contributed by atoms with van der Waals surface area (Å²) in [4.78, 5) is 4.65. The summed E-state index contributed by atoms with van der Waals surface area (Å²) in [6, 6.07) is 13.2. The van der Waals surface area contributed by atoms with Crippen molar-refractivity contribution >= 4 is 37.5 Å². The molecular weight excluding hydrogens is 351 g/mol. The van der Waals surface area contributed by atoms with Crippen LogP contribution in [-0.4, -0.2) is 12.0 Å². The Morgan fingerprint density at radius 3 is 2.81 bits per heavy atom. The van der Waals surface area contributed by atoms with Gasteiger partial charge in [0, 0.05) is 4.47 Å². The van der Waals surface area contributed by atoms with Gasteiger partial charge in [0.15, 0.2) is 0 Å². The van der Waals surface area contributed by atoms with Gasteiger partial charge >= 0.3 is 0 Å². The molecule has 2 nitrogen and oxygen atoms in total. The molecule has 1 aromatic heterocycles. The topological polar surface area (TPSA) is 24.9 Å². The molecule has 0 bridgehead atoms. The van der Waals surface area contributed by atoms with Crippen molar-refractivity contribution in [3.05, 3.63) is 63.3 Å². The molecule has 1 atom stereocenters. The van der Waals surface area contributed by atoms with E-state index < -0.39 is 0 Å². The average Bonchev–Trinajstić information content (AvgIpc) is 2.90. The Kier molecular flexibility index (Phi) is 4.33. The van der Waals surface area contributed by atoms with E-state index in [0.717, 1.165) is 19.7 Å². The number of aromatic nitrogens is 1. The molecule has 3 rings (SSSR count). The molecule has 1 unspecified atom stereocenters. The van der Waals surface area contributed by atoms with Crippen LogP contribution in [0.5, 0.6) is 0 Å². The SMILES string of the molecule is CNC(Cc1ccc(Br)cc1F)c1nc2ccccc2s1. The van der Waals surface area contributed by atoms with Gasteiger partial charge in [-0.2, -0.15) is 0 Å². The van der Waals surface area contributed by atoms with E-state index in [1.807, 2.05) is 37.4 Å². The van der Waals surface area contributed by atoms with Crippen LogP contribution in [0.3, 0.4) is 0 Å². The van der Waals surface area contributed by atoms with Crippen molar-refractivity contribution in [2.75, 3.05) is 7.05 Å². The zero-order chi connectivity index (χ0) is 14.8. The second-order valence-corrected chi connectivity index (χ2v) is 6.78. The zero-order valence-electron chi connectivity index (χ0n) is 11.4. The van der Waals surface area contributed by atoms with Crippen LogP contribution in [0.4, 0.5) is 4.39 Å². The van der Waals surface area contributed by atoms with E-state index in [0.29, 0.717) is 12.0 Å². The van der Waals surface area contributed by atoms with Crippen molar-refractivity contribution in [3.8, 4) is 0 Å². The maximum absolute atomic E-state index is 14.0. The lowest BCUT2D eigenvalue weighted by molar-refractivity contribution is 0.553. The maximum Gasteiger partial charge on any atom is 0.127 e. The molecule has 0 aliphatic heterocycles. The fourth-order valence-electron chi connectivity index (χ4n) is 2.26. The third kappa shape index (κ3) is 3.15. The molecule has 5 heteroatoms. The predicted octanol–water partition coefficient (Wildman–Crippen LogP) is 4.70. The van der Waals surface area contributed by atoms with E-state index >= 15 is 0 Å². The number of benzene rings is 2. The third-order valence-electron chi connectivity index (χ3n) is 3.40. The highest BCUT2D eigenvalue weighted by atomic mass is 79.9. The Balaban J connectivity index is 1.90. The summed E-state index contributed by atoms with van der Waals surface area (Å²) >= 11 is 4.93. The van der Waals surface area contributed by atoms with Gasteiger partial charge in [0.1, 0.15) is 10.8 Å². The number of fused-ring (bicyclic) bond motifs is 1. The number of likely N-dealkylation sites (N-methyl/N-ethyl adjacent to an activating group) is 1. The van der Waals surface area contributed by atoms with Gasteiger partial charge in [-0.1, -0.05) is 34.1 Å². The highest BCUT2D eigenvalue weighted by Gasteiger charge is 2.17. The monoisotopic (exact) mass is 364 g/mol. The number of halogens is 2. The van der Waals surface area contributed by atoms with Crippen molar-refractivity contribution < 1.29 is 4.39 Å². The first-order valence-electron chi connectivity index (χ1n) is 6.64. The summed E-state index contributed by atoms with van der Waals surface area (Å²) in [5.41, 5.74) is 1.69. The van der Waals surface area contributed by atoms with E-state index in [2.05, 4.69) is 32.3 Å². The quantitative estimate of drug-likeness (QED) is 0.725. The molecule has 1 heterocycles. The number of thiazole rings is 1. The summed E-state index contributed by atoms with van der Waals surface area (Å²) in [6.07, 6.45) is 0.579.